The minimum absolute atomic E-state index is 0.338. The van der Waals surface area contributed by atoms with Crippen LogP contribution in [0.5, 0.6) is 0 Å². The molecule has 0 saturated carbocycles. The average molecular weight is 298 g/mol. The molecule has 1 N–H and O–H groups in total. The van der Waals surface area contributed by atoms with Crippen LogP contribution in [0.1, 0.15) is 85.0 Å². The normalized spacial score (nSPS) is 16.9. The lowest BCUT2D eigenvalue weighted by Crippen LogP contribution is -2.37. The van der Waals surface area contributed by atoms with Crippen LogP contribution in [-0.4, -0.2) is 46.3 Å². The van der Waals surface area contributed by atoms with E-state index in [1.807, 2.05) is 6.92 Å². The number of rotatable bonds is 12. The molecule has 0 radical (unpaired) electrons. The van der Waals surface area contributed by atoms with Crippen LogP contribution in [-0.2, 0) is 0 Å². The second-order valence-electron chi connectivity index (χ2n) is 6.40. The van der Waals surface area contributed by atoms with Gasteiger partial charge in [0.1, 0.15) is 13.1 Å². The van der Waals surface area contributed by atoms with E-state index >= 15 is 0 Å². The van der Waals surface area contributed by atoms with Gasteiger partial charge in [-0.1, -0.05) is 58.3 Å². The van der Waals surface area contributed by atoms with E-state index in [0.717, 1.165) is 26.1 Å². The van der Waals surface area contributed by atoms with E-state index in [1.165, 1.54) is 63.6 Å². The van der Waals surface area contributed by atoms with Gasteiger partial charge < -0.3 is 5.11 Å². The molecule has 1 atom stereocenters. The molecule has 1 unspecified atom stereocenters. The number of likely N-dealkylation sites (N-methyl/N-ethyl adjacent to an activating group) is 1. The Morgan fingerprint density at radius 3 is 2.10 bits per heavy atom. The number of aliphatic hydroxyl groups is 1. The number of amidine groups is 1. The summed E-state index contributed by atoms with van der Waals surface area (Å²) >= 11 is 0. The first-order valence-corrected chi connectivity index (χ1v) is 9.26. The number of nitrogens with zero attached hydrogens (tertiary/aromatic N) is 2. The number of hydrogen-bond acceptors (Lipinski definition) is 2. The second kappa shape index (κ2) is 11.1. The minimum Gasteiger partial charge on any atom is -0.356 e. The number of hydrogen-bond donors (Lipinski definition) is 1. The molecule has 0 saturated heterocycles. The van der Waals surface area contributed by atoms with Crippen molar-refractivity contribution >= 4 is 5.84 Å². The summed E-state index contributed by atoms with van der Waals surface area (Å²) in [6, 6.07) is 0. The van der Waals surface area contributed by atoms with Crippen LogP contribution >= 0.6 is 0 Å². The molecule has 1 heterocycles. The molecule has 124 valence electrons. The van der Waals surface area contributed by atoms with Crippen LogP contribution in [0.15, 0.2) is 0 Å². The Hall–Kier alpha value is -0.570. The highest BCUT2D eigenvalue weighted by atomic mass is 16.3. The van der Waals surface area contributed by atoms with Gasteiger partial charge in [-0.15, -0.1) is 0 Å². The van der Waals surface area contributed by atoms with Gasteiger partial charge in [0.25, 0.3) is 0 Å². The van der Waals surface area contributed by atoms with E-state index in [-0.39, 0.29) is 6.23 Å². The van der Waals surface area contributed by atoms with Crippen LogP contribution < -0.4 is 0 Å². The Labute approximate surface area is 132 Å². The fraction of sp³-hybridized carbons (Fsp3) is 0.944. The Bertz CT molecular complexity index is 300. The van der Waals surface area contributed by atoms with Crippen LogP contribution in [0, 0.1) is 0 Å². The highest BCUT2D eigenvalue weighted by molar-refractivity contribution is 5.78. The summed E-state index contributed by atoms with van der Waals surface area (Å²) in [4.78, 5) is 2.17. The van der Waals surface area contributed by atoms with E-state index < -0.39 is 0 Å². The molecule has 21 heavy (non-hydrogen) atoms. The van der Waals surface area contributed by atoms with E-state index in [2.05, 4.69) is 23.3 Å². The third-order valence-electron chi connectivity index (χ3n) is 4.64. The molecule has 0 spiro atoms. The molecule has 1 aliphatic heterocycles. The van der Waals surface area contributed by atoms with Gasteiger partial charge in [0, 0.05) is 13.3 Å². The van der Waals surface area contributed by atoms with E-state index in [4.69, 9.17) is 0 Å². The predicted molar refractivity (Wildman–Crippen MR) is 90.9 cm³/mol. The van der Waals surface area contributed by atoms with Crippen LogP contribution in [0.4, 0.5) is 0 Å². The molecular weight excluding hydrogens is 260 g/mol. The average Bonchev–Trinajstić information content (AvgIpc) is 2.88. The van der Waals surface area contributed by atoms with Crippen molar-refractivity contribution in [1.29, 1.82) is 0 Å². The first-order chi connectivity index (χ1) is 10.2. The van der Waals surface area contributed by atoms with Crippen molar-refractivity contribution in [1.82, 2.24) is 4.90 Å². The third kappa shape index (κ3) is 6.82. The molecule has 0 aromatic carbocycles. The van der Waals surface area contributed by atoms with Gasteiger partial charge in [-0.05, 0) is 13.3 Å². The first kappa shape index (κ1) is 18.5. The molecule has 1 rings (SSSR count). The van der Waals surface area contributed by atoms with E-state index in [1.54, 1.807) is 0 Å². The van der Waals surface area contributed by atoms with Gasteiger partial charge in [-0.2, -0.15) is 0 Å². The molecule has 0 fully saturated rings. The highest BCUT2D eigenvalue weighted by Crippen LogP contribution is 2.14. The standard InChI is InChI=1S/C18H37N2O/c1-4-6-7-8-9-10-11-12-13-14-18-19(5-2)15-16-20(18)17(3)21/h17,21H,4-16H2,1-3H3/q+1. The minimum atomic E-state index is -0.338. The fourth-order valence-electron chi connectivity index (χ4n) is 3.31. The maximum Gasteiger partial charge on any atom is 0.249 e. The summed E-state index contributed by atoms with van der Waals surface area (Å²) in [5, 5.41) is 9.86. The van der Waals surface area contributed by atoms with Gasteiger partial charge in [-0.3, -0.25) is 4.58 Å². The Morgan fingerprint density at radius 1 is 1.00 bits per heavy atom. The van der Waals surface area contributed by atoms with Crippen molar-refractivity contribution in [3.63, 3.8) is 0 Å². The Kier molecular flexibility index (Phi) is 9.73. The molecule has 0 aromatic rings. The summed E-state index contributed by atoms with van der Waals surface area (Å²) in [7, 11) is 0. The van der Waals surface area contributed by atoms with Crippen molar-refractivity contribution in [2.75, 3.05) is 19.6 Å². The summed E-state index contributed by atoms with van der Waals surface area (Å²) in [5.74, 6) is 1.37. The quantitative estimate of drug-likeness (QED) is 0.435. The lowest BCUT2D eigenvalue weighted by molar-refractivity contribution is -0.515. The van der Waals surface area contributed by atoms with Gasteiger partial charge in [0.15, 0.2) is 6.23 Å². The number of aliphatic hydroxyl groups excluding tert-OH is 1. The second-order valence-corrected chi connectivity index (χ2v) is 6.40. The van der Waals surface area contributed by atoms with E-state index in [0.29, 0.717) is 0 Å². The smallest absolute Gasteiger partial charge is 0.249 e. The molecule has 3 heteroatoms. The molecule has 3 nitrogen and oxygen atoms in total. The maximum absolute atomic E-state index is 9.86. The molecule has 0 amide bonds. The van der Waals surface area contributed by atoms with Crippen molar-refractivity contribution in [3.05, 3.63) is 0 Å². The maximum atomic E-state index is 9.86. The van der Waals surface area contributed by atoms with Crippen molar-refractivity contribution in [3.8, 4) is 0 Å². The molecule has 0 bridgehead atoms. The Balaban J connectivity index is 2.13. The zero-order valence-electron chi connectivity index (χ0n) is 14.6. The third-order valence-corrected chi connectivity index (χ3v) is 4.64. The molecular formula is C18H37N2O+. The zero-order chi connectivity index (χ0) is 15.5. The molecule has 0 aliphatic carbocycles. The SMILES string of the molecule is CCCCCCCCCCCC1=[N+](CC)CCN1C(C)O. The van der Waals surface area contributed by atoms with Gasteiger partial charge in [-0.25, -0.2) is 4.90 Å². The zero-order valence-corrected chi connectivity index (χ0v) is 14.6. The molecule has 0 aromatic heterocycles. The number of unbranched alkanes of at least 4 members (excludes halogenated alkanes) is 8. The fourth-order valence-corrected chi connectivity index (χ4v) is 3.31. The Morgan fingerprint density at radius 2 is 1.57 bits per heavy atom. The highest BCUT2D eigenvalue weighted by Gasteiger charge is 2.31. The topological polar surface area (TPSA) is 26.5 Å². The molecule has 1 aliphatic rings. The summed E-state index contributed by atoms with van der Waals surface area (Å²) in [6.45, 7) is 9.50. The van der Waals surface area contributed by atoms with Gasteiger partial charge in [0.2, 0.25) is 5.84 Å². The van der Waals surface area contributed by atoms with Crippen molar-refractivity contribution < 1.29 is 9.68 Å². The van der Waals surface area contributed by atoms with E-state index in [9.17, 15) is 5.11 Å². The van der Waals surface area contributed by atoms with Crippen LogP contribution in [0.25, 0.3) is 0 Å². The lowest BCUT2D eigenvalue weighted by atomic mass is 10.1. The van der Waals surface area contributed by atoms with Crippen LogP contribution in [0.3, 0.4) is 0 Å². The predicted octanol–water partition coefficient (Wildman–Crippen LogP) is 3.99. The largest absolute Gasteiger partial charge is 0.356 e. The van der Waals surface area contributed by atoms with Gasteiger partial charge >= 0.3 is 0 Å². The lowest BCUT2D eigenvalue weighted by Gasteiger charge is -2.16. The first-order valence-electron chi connectivity index (χ1n) is 9.26. The van der Waals surface area contributed by atoms with Crippen molar-refractivity contribution in [2.24, 2.45) is 0 Å². The summed E-state index contributed by atoms with van der Waals surface area (Å²) in [5.41, 5.74) is 0. The van der Waals surface area contributed by atoms with Crippen molar-refractivity contribution in [2.45, 2.75) is 91.2 Å². The van der Waals surface area contributed by atoms with Gasteiger partial charge in [0.05, 0.1) is 6.54 Å². The summed E-state index contributed by atoms with van der Waals surface area (Å²) in [6.07, 6.45) is 13.2. The monoisotopic (exact) mass is 297 g/mol. The van der Waals surface area contributed by atoms with Crippen LogP contribution in [0.2, 0.25) is 0 Å². The summed E-state index contributed by atoms with van der Waals surface area (Å²) < 4.78 is 2.43.